The van der Waals surface area contributed by atoms with Crippen molar-refractivity contribution < 1.29 is 4.74 Å². The minimum Gasteiger partial charge on any atom is -0.377 e. The zero-order valence-corrected chi connectivity index (χ0v) is 10.7. The fourth-order valence-electron chi connectivity index (χ4n) is 2.61. The van der Waals surface area contributed by atoms with Gasteiger partial charge in [0, 0.05) is 12.6 Å². The first-order chi connectivity index (χ1) is 8.40. The summed E-state index contributed by atoms with van der Waals surface area (Å²) in [7, 11) is 2.04. The van der Waals surface area contributed by atoms with Gasteiger partial charge in [-0.05, 0) is 44.7 Å². The molecule has 2 nitrogen and oxygen atoms in total. The molecule has 1 aliphatic rings. The molecule has 0 heterocycles. The van der Waals surface area contributed by atoms with Crippen molar-refractivity contribution in [2.75, 3.05) is 13.7 Å². The Kier molecular flexibility index (Phi) is 5.02. The van der Waals surface area contributed by atoms with Gasteiger partial charge < -0.3 is 10.1 Å². The van der Waals surface area contributed by atoms with Crippen molar-refractivity contribution in [2.24, 2.45) is 0 Å². The number of benzene rings is 1. The molecule has 2 heteroatoms. The number of rotatable bonds is 6. The molecule has 2 atom stereocenters. The van der Waals surface area contributed by atoms with Crippen LogP contribution in [0.4, 0.5) is 0 Å². The van der Waals surface area contributed by atoms with Crippen LogP contribution in [0.2, 0.25) is 0 Å². The number of hydrogen-bond donors (Lipinski definition) is 1. The molecule has 17 heavy (non-hydrogen) atoms. The molecule has 0 spiro atoms. The van der Waals surface area contributed by atoms with Gasteiger partial charge in [-0.15, -0.1) is 0 Å². The van der Waals surface area contributed by atoms with Gasteiger partial charge in [0.2, 0.25) is 0 Å². The summed E-state index contributed by atoms with van der Waals surface area (Å²) in [5.41, 5.74) is 1.41. The van der Waals surface area contributed by atoms with Gasteiger partial charge in [0.1, 0.15) is 0 Å². The van der Waals surface area contributed by atoms with E-state index in [-0.39, 0.29) is 0 Å². The lowest BCUT2D eigenvalue weighted by molar-refractivity contribution is 0.0403. The number of ether oxygens (including phenoxy) is 1. The summed E-state index contributed by atoms with van der Waals surface area (Å²) in [6.07, 6.45) is 6.47. The van der Waals surface area contributed by atoms with E-state index in [0.717, 1.165) is 19.4 Å². The predicted octanol–water partition coefficient (Wildman–Crippen LogP) is 2.78. The normalized spacial score (nSPS) is 24.1. The van der Waals surface area contributed by atoms with Crippen molar-refractivity contribution in [3.63, 3.8) is 0 Å². The molecular weight excluding hydrogens is 210 g/mol. The van der Waals surface area contributed by atoms with Crippen molar-refractivity contribution >= 4 is 0 Å². The molecule has 2 unspecified atom stereocenters. The summed E-state index contributed by atoms with van der Waals surface area (Å²) in [5.74, 6) is 0. The highest BCUT2D eigenvalue weighted by atomic mass is 16.5. The highest BCUT2D eigenvalue weighted by Crippen LogP contribution is 2.22. The number of hydrogen-bond acceptors (Lipinski definition) is 2. The van der Waals surface area contributed by atoms with Crippen LogP contribution >= 0.6 is 0 Å². The maximum Gasteiger partial charge on any atom is 0.0727 e. The Labute approximate surface area is 104 Å². The maximum atomic E-state index is 5.97. The standard InChI is InChI=1S/C15H23NO/c1-16-14-10-5-11-15(14)17-12-6-9-13-7-3-2-4-8-13/h2-4,7-8,14-16H,5-6,9-12H2,1H3. The highest BCUT2D eigenvalue weighted by Gasteiger charge is 2.25. The molecule has 1 aromatic carbocycles. The van der Waals surface area contributed by atoms with Gasteiger partial charge in [-0.3, -0.25) is 0 Å². The minimum absolute atomic E-state index is 0.441. The minimum atomic E-state index is 0.441. The molecule has 1 fully saturated rings. The lowest BCUT2D eigenvalue weighted by Crippen LogP contribution is -2.34. The Morgan fingerprint density at radius 2 is 2.06 bits per heavy atom. The zero-order chi connectivity index (χ0) is 11.9. The van der Waals surface area contributed by atoms with Gasteiger partial charge in [0.25, 0.3) is 0 Å². The van der Waals surface area contributed by atoms with Crippen molar-refractivity contribution in [3.05, 3.63) is 35.9 Å². The molecule has 1 aliphatic carbocycles. The van der Waals surface area contributed by atoms with Crippen LogP contribution in [-0.2, 0) is 11.2 Å². The summed E-state index contributed by atoms with van der Waals surface area (Å²) >= 11 is 0. The molecule has 1 N–H and O–H groups in total. The van der Waals surface area contributed by atoms with Gasteiger partial charge in [-0.1, -0.05) is 30.3 Å². The van der Waals surface area contributed by atoms with Gasteiger partial charge in [-0.25, -0.2) is 0 Å². The second-order valence-electron chi connectivity index (χ2n) is 4.82. The van der Waals surface area contributed by atoms with Crippen LogP contribution < -0.4 is 5.32 Å². The molecule has 94 valence electrons. The summed E-state index contributed by atoms with van der Waals surface area (Å²) in [6.45, 7) is 0.887. The Hall–Kier alpha value is -0.860. The first-order valence-corrected chi connectivity index (χ1v) is 6.73. The maximum absolute atomic E-state index is 5.97. The molecule has 0 amide bonds. The van der Waals surface area contributed by atoms with E-state index in [4.69, 9.17) is 4.74 Å². The number of likely N-dealkylation sites (N-methyl/N-ethyl adjacent to an activating group) is 1. The van der Waals surface area contributed by atoms with E-state index in [1.165, 1.54) is 24.8 Å². The smallest absolute Gasteiger partial charge is 0.0727 e. The molecule has 0 aromatic heterocycles. The molecule has 0 saturated heterocycles. The van der Waals surface area contributed by atoms with Crippen LogP contribution in [0.1, 0.15) is 31.2 Å². The third-order valence-corrected chi connectivity index (χ3v) is 3.61. The summed E-state index contributed by atoms with van der Waals surface area (Å²) < 4.78 is 5.97. The quantitative estimate of drug-likeness (QED) is 0.763. The lowest BCUT2D eigenvalue weighted by atomic mass is 10.1. The Morgan fingerprint density at radius 3 is 2.82 bits per heavy atom. The third-order valence-electron chi connectivity index (χ3n) is 3.61. The summed E-state index contributed by atoms with van der Waals surface area (Å²) in [6, 6.07) is 11.2. The number of aryl methyl sites for hydroxylation is 1. The van der Waals surface area contributed by atoms with Crippen molar-refractivity contribution in [2.45, 2.75) is 44.2 Å². The second kappa shape index (κ2) is 6.77. The fraction of sp³-hybridized carbons (Fsp3) is 0.600. The molecule has 0 bridgehead atoms. The Morgan fingerprint density at radius 1 is 1.24 bits per heavy atom. The molecule has 1 aromatic rings. The SMILES string of the molecule is CNC1CCCC1OCCCc1ccccc1. The highest BCUT2D eigenvalue weighted by molar-refractivity contribution is 5.14. The van der Waals surface area contributed by atoms with Crippen LogP contribution in [0.25, 0.3) is 0 Å². The summed E-state index contributed by atoms with van der Waals surface area (Å²) in [4.78, 5) is 0. The van der Waals surface area contributed by atoms with E-state index in [2.05, 4.69) is 35.6 Å². The van der Waals surface area contributed by atoms with Crippen LogP contribution in [0.3, 0.4) is 0 Å². The van der Waals surface area contributed by atoms with E-state index in [0.29, 0.717) is 12.1 Å². The average molecular weight is 233 g/mol. The largest absolute Gasteiger partial charge is 0.377 e. The first kappa shape index (κ1) is 12.6. The molecule has 1 saturated carbocycles. The van der Waals surface area contributed by atoms with E-state index >= 15 is 0 Å². The van der Waals surface area contributed by atoms with Crippen LogP contribution in [0.15, 0.2) is 30.3 Å². The lowest BCUT2D eigenvalue weighted by Gasteiger charge is -2.19. The Bertz CT molecular complexity index is 312. The average Bonchev–Trinajstić information content (AvgIpc) is 2.83. The van der Waals surface area contributed by atoms with Crippen molar-refractivity contribution in [3.8, 4) is 0 Å². The van der Waals surface area contributed by atoms with Gasteiger partial charge >= 0.3 is 0 Å². The predicted molar refractivity (Wildman–Crippen MR) is 71.2 cm³/mol. The van der Waals surface area contributed by atoms with E-state index in [1.54, 1.807) is 0 Å². The number of nitrogens with one attached hydrogen (secondary N) is 1. The monoisotopic (exact) mass is 233 g/mol. The van der Waals surface area contributed by atoms with E-state index < -0.39 is 0 Å². The molecule has 2 rings (SSSR count). The van der Waals surface area contributed by atoms with Gasteiger partial charge in [0.15, 0.2) is 0 Å². The van der Waals surface area contributed by atoms with Crippen LogP contribution in [0.5, 0.6) is 0 Å². The van der Waals surface area contributed by atoms with E-state index in [9.17, 15) is 0 Å². The van der Waals surface area contributed by atoms with Crippen LogP contribution in [0, 0.1) is 0 Å². The van der Waals surface area contributed by atoms with Crippen molar-refractivity contribution in [1.29, 1.82) is 0 Å². The van der Waals surface area contributed by atoms with Crippen molar-refractivity contribution in [1.82, 2.24) is 5.32 Å². The summed E-state index contributed by atoms with van der Waals surface area (Å²) in [5, 5.41) is 3.35. The molecule has 0 radical (unpaired) electrons. The topological polar surface area (TPSA) is 21.3 Å². The van der Waals surface area contributed by atoms with Gasteiger partial charge in [0.05, 0.1) is 6.10 Å². The van der Waals surface area contributed by atoms with Gasteiger partial charge in [-0.2, -0.15) is 0 Å². The zero-order valence-electron chi connectivity index (χ0n) is 10.7. The second-order valence-corrected chi connectivity index (χ2v) is 4.82. The Balaban J connectivity index is 1.63. The third kappa shape index (κ3) is 3.83. The van der Waals surface area contributed by atoms with Crippen LogP contribution in [-0.4, -0.2) is 25.8 Å². The molecular formula is C15H23NO. The molecule has 0 aliphatic heterocycles. The first-order valence-electron chi connectivity index (χ1n) is 6.73. The fourth-order valence-corrected chi connectivity index (χ4v) is 2.61. The van der Waals surface area contributed by atoms with E-state index in [1.807, 2.05) is 7.05 Å².